The summed E-state index contributed by atoms with van der Waals surface area (Å²) in [4.78, 5) is 12.9. The van der Waals surface area contributed by atoms with Gasteiger partial charge < -0.3 is 5.32 Å². The molecule has 1 aliphatic rings. The Morgan fingerprint density at radius 3 is 2.87 bits per heavy atom. The van der Waals surface area contributed by atoms with Crippen LogP contribution >= 0.6 is 11.6 Å². The van der Waals surface area contributed by atoms with Crippen molar-refractivity contribution in [2.75, 3.05) is 18.0 Å². The summed E-state index contributed by atoms with van der Waals surface area (Å²) in [7, 11) is 0. The van der Waals surface area contributed by atoms with E-state index in [1.165, 1.54) is 0 Å². The van der Waals surface area contributed by atoms with Gasteiger partial charge in [-0.15, -0.1) is 0 Å². The zero-order valence-electron chi connectivity index (χ0n) is 7.83. The number of hydrogen-bond acceptors (Lipinski definition) is 2. The first kappa shape index (κ1) is 9.81. The molecule has 2 amide bonds. The van der Waals surface area contributed by atoms with Crippen molar-refractivity contribution < 1.29 is 4.79 Å². The Morgan fingerprint density at radius 2 is 2.33 bits per heavy atom. The maximum Gasteiger partial charge on any atom is 0.322 e. The monoisotopic (exact) mass is 221 g/mol. The number of benzene rings is 1. The van der Waals surface area contributed by atoms with Crippen LogP contribution in [0.4, 0.5) is 10.5 Å². The number of anilines is 1. The summed E-state index contributed by atoms with van der Waals surface area (Å²) in [5, 5.41) is 11.8. The third-order valence-corrected chi connectivity index (χ3v) is 2.53. The number of nitrogens with zero attached hydrogens (tertiary/aromatic N) is 2. The van der Waals surface area contributed by atoms with Gasteiger partial charge in [0, 0.05) is 13.1 Å². The van der Waals surface area contributed by atoms with Gasteiger partial charge in [0.15, 0.2) is 0 Å². The smallest absolute Gasteiger partial charge is 0.322 e. The van der Waals surface area contributed by atoms with E-state index in [1.807, 2.05) is 6.07 Å². The van der Waals surface area contributed by atoms with E-state index in [-0.39, 0.29) is 6.03 Å². The quantitative estimate of drug-likeness (QED) is 0.786. The lowest BCUT2D eigenvalue weighted by Crippen LogP contribution is -2.27. The fourth-order valence-corrected chi connectivity index (χ4v) is 1.78. The summed E-state index contributed by atoms with van der Waals surface area (Å²) in [5.41, 5.74) is 1.13. The normalized spacial score (nSPS) is 14.9. The van der Waals surface area contributed by atoms with E-state index in [9.17, 15) is 4.79 Å². The molecule has 1 aromatic rings. The first-order chi connectivity index (χ1) is 7.22. The number of carbonyl (C=O) groups is 1. The second-order valence-electron chi connectivity index (χ2n) is 3.16. The summed E-state index contributed by atoms with van der Waals surface area (Å²) in [6.45, 7) is 1.22. The van der Waals surface area contributed by atoms with E-state index in [0.29, 0.717) is 29.4 Å². The first-order valence-corrected chi connectivity index (χ1v) is 4.85. The predicted molar refractivity (Wildman–Crippen MR) is 56.9 cm³/mol. The van der Waals surface area contributed by atoms with Crippen LogP contribution in [0.15, 0.2) is 18.2 Å². The fraction of sp³-hybridized carbons (Fsp3) is 0.200. The lowest BCUT2D eigenvalue weighted by Gasteiger charge is -2.15. The molecule has 1 saturated heterocycles. The molecule has 0 aliphatic carbocycles. The van der Waals surface area contributed by atoms with Crippen LogP contribution < -0.4 is 10.2 Å². The van der Waals surface area contributed by atoms with Crippen LogP contribution in [0.5, 0.6) is 0 Å². The lowest BCUT2D eigenvalue weighted by atomic mass is 10.2. The minimum absolute atomic E-state index is 0.151. The average molecular weight is 222 g/mol. The van der Waals surface area contributed by atoms with Crippen molar-refractivity contribution in [3.8, 4) is 6.07 Å². The molecule has 4 nitrogen and oxygen atoms in total. The van der Waals surface area contributed by atoms with Crippen molar-refractivity contribution in [2.24, 2.45) is 0 Å². The van der Waals surface area contributed by atoms with Gasteiger partial charge in [0.2, 0.25) is 0 Å². The number of rotatable bonds is 1. The molecular formula is C10H8ClN3O. The number of urea groups is 1. The van der Waals surface area contributed by atoms with Gasteiger partial charge in [0.1, 0.15) is 0 Å². The summed E-state index contributed by atoms with van der Waals surface area (Å²) in [6, 6.07) is 6.73. The Bertz CT molecular complexity index is 452. The Balaban J connectivity index is 2.37. The third-order valence-electron chi connectivity index (χ3n) is 2.22. The van der Waals surface area contributed by atoms with E-state index < -0.39 is 0 Å². The van der Waals surface area contributed by atoms with Gasteiger partial charge in [-0.1, -0.05) is 11.6 Å². The average Bonchev–Trinajstić information content (AvgIpc) is 2.64. The summed E-state index contributed by atoms with van der Waals surface area (Å²) in [5.74, 6) is 0. The van der Waals surface area contributed by atoms with Crippen molar-refractivity contribution in [1.82, 2.24) is 5.32 Å². The maximum absolute atomic E-state index is 11.4. The number of amides is 2. The molecule has 1 aliphatic heterocycles. The van der Waals surface area contributed by atoms with Gasteiger partial charge in [-0.05, 0) is 18.2 Å². The van der Waals surface area contributed by atoms with E-state index in [4.69, 9.17) is 16.9 Å². The fourth-order valence-electron chi connectivity index (χ4n) is 1.50. The standard InChI is InChI=1S/C10H8ClN3O/c11-8-5-7(6-12)1-2-9(8)14-4-3-13-10(14)15/h1-2,5H,3-4H2,(H,13,15). The minimum atomic E-state index is -0.151. The van der Waals surface area contributed by atoms with Crippen LogP contribution in [-0.4, -0.2) is 19.1 Å². The van der Waals surface area contributed by atoms with E-state index in [0.717, 1.165) is 0 Å². The van der Waals surface area contributed by atoms with Gasteiger partial charge in [-0.25, -0.2) is 4.79 Å². The first-order valence-electron chi connectivity index (χ1n) is 4.47. The SMILES string of the molecule is N#Cc1ccc(N2CCNC2=O)c(Cl)c1. The number of halogens is 1. The predicted octanol–water partition coefficient (Wildman–Crippen LogP) is 1.74. The van der Waals surface area contributed by atoms with E-state index in [1.54, 1.807) is 23.1 Å². The molecule has 5 heteroatoms. The summed E-state index contributed by atoms with van der Waals surface area (Å²) < 4.78 is 0. The third kappa shape index (κ3) is 1.74. The number of nitriles is 1. The Labute approximate surface area is 92.1 Å². The molecule has 0 bridgehead atoms. The molecule has 76 valence electrons. The Kier molecular flexibility index (Phi) is 2.48. The lowest BCUT2D eigenvalue weighted by molar-refractivity contribution is 0.252. The van der Waals surface area contributed by atoms with Crippen LogP contribution in [0.1, 0.15) is 5.56 Å². The highest BCUT2D eigenvalue weighted by Gasteiger charge is 2.22. The van der Waals surface area contributed by atoms with Crippen LogP contribution in [-0.2, 0) is 0 Å². The van der Waals surface area contributed by atoms with Crippen molar-refractivity contribution in [3.05, 3.63) is 28.8 Å². The molecule has 15 heavy (non-hydrogen) atoms. The van der Waals surface area contributed by atoms with E-state index >= 15 is 0 Å². The van der Waals surface area contributed by atoms with Crippen molar-refractivity contribution >= 4 is 23.3 Å². The molecule has 0 radical (unpaired) electrons. The van der Waals surface area contributed by atoms with E-state index in [2.05, 4.69) is 5.32 Å². The van der Waals surface area contributed by atoms with Crippen LogP contribution in [0.3, 0.4) is 0 Å². The molecule has 0 aromatic heterocycles. The van der Waals surface area contributed by atoms with Crippen molar-refractivity contribution in [1.29, 1.82) is 5.26 Å². The Morgan fingerprint density at radius 1 is 1.53 bits per heavy atom. The van der Waals surface area contributed by atoms with Crippen LogP contribution in [0.2, 0.25) is 5.02 Å². The maximum atomic E-state index is 11.4. The molecular weight excluding hydrogens is 214 g/mol. The van der Waals surface area contributed by atoms with Crippen LogP contribution in [0.25, 0.3) is 0 Å². The topological polar surface area (TPSA) is 56.1 Å². The zero-order valence-corrected chi connectivity index (χ0v) is 8.58. The molecule has 1 N–H and O–H groups in total. The molecule has 0 unspecified atom stereocenters. The Hall–Kier alpha value is -1.73. The molecule has 1 fully saturated rings. The molecule has 0 atom stereocenters. The van der Waals surface area contributed by atoms with Gasteiger partial charge in [-0.3, -0.25) is 4.90 Å². The molecule has 1 aromatic carbocycles. The second kappa shape index (κ2) is 3.79. The zero-order chi connectivity index (χ0) is 10.8. The molecule has 0 spiro atoms. The van der Waals surface area contributed by atoms with Crippen molar-refractivity contribution in [3.63, 3.8) is 0 Å². The summed E-state index contributed by atoms with van der Waals surface area (Å²) in [6.07, 6.45) is 0. The highest BCUT2D eigenvalue weighted by molar-refractivity contribution is 6.34. The van der Waals surface area contributed by atoms with Crippen molar-refractivity contribution in [2.45, 2.75) is 0 Å². The van der Waals surface area contributed by atoms with Gasteiger partial charge in [0.05, 0.1) is 22.3 Å². The number of carbonyl (C=O) groups excluding carboxylic acids is 1. The highest BCUT2D eigenvalue weighted by atomic mass is 35.5. The summed E-state index contributed by atoms with van der Waals surface area (Å²) >= 11 is 5.98. The molecule has 2 rings (SSSR count). The number of hydrogen-bond donors (Lipinski definition) is 1. The highest BCUT2D eigenvalue weighted by Crippen LogP contribution is 2.27. The number of nitrogens with one attached hydrogen (secondary N) is 1. The van der Waals surface area contributed by atoms with Gasteiger partial charge in [0.25, 0.3) is 0 Å². The van der Waals surface area contributed by atoms with Gasteiger partial charge >= 0.3 is 6.03 Å². The molecule has 1 heterocycles. The minimum Gasteiger partial charge on any atom is -0.336 e. The largest absolute Gasteiger partial charge is 0.336 e. The second-order valence-corrected chi connectivity index (χ2v) is 3.57. The van der Waals surface area contributed by atoms with Crippen LogP contribution in [0, 0.1) is 11.3 Å². The van der Waals surface area contributed by atoms with Gasteiger partial charge in [-0.2, -0.15) is 5.26 Å². The molecule has 0 saturated carbocycles.